The number of nitrogens with zero attached hydrogens (tertiary/aromatic N) is 1. The molecule has 2 aromatic carbocycles. The summed E-state index contributed by atoms with van der Waals surface area (Å²) in [5.74, 6) is 2.06. The number of benzene rings is 2. The smallest absolute Gasteiger partial charge is 0.258 e. The van der Waals surface area contributed by atoms with Crippen molar-refractivity contribution in [3.05, 3.63) is 47.5 Å². The highest BCUT2D eigenvalue weighted by Crippen LogP contribution is 2.46. The van der Waals surface area contributed by atoms with Gasteiger partial charge in [-0.05, 0) is 25.1 Å². The average molecular weight is 323 g/mol. The molecule has 2 aliphatic heterocycles. The van der Waals surface area contributed by atoms with E-state index in [1.807, 2.05) is 49.4 Å². The van der Waals surface area contributed by atoms with E-state index in [4.69, 9.17) is 14.2 Å². The molecule has 0 aliphatic carbocycles. The zero-order valence-corrected chi connectivity index (χ0v) is 13.5. The number of carbonyl (C=O) groups is 1. The lowest BCUT2D eigenvalue weighted by Crippen LogP contribution is -2.25. The Bertz CT molecular complexity index is 856. The Balaban J connectivity index is 1.88. The predicted octanol–water partition coefficient (Wildman–Crippen LogP) is 3.33. The van der Waals surface area contributed by atoms with Crippen LogP contribution in [0.15, 0.2) is 36.4 Å². The lowest BCUT2D eigenvalue weighted by Gasteiger charge is -2.14. The van der Waals surface area contributed by atoms with E-state index >= 15 is 0 Å². The highest BCUT2D eigenvalue weighted by atomic mass is 16.7. The molecule has 0 aromatic heterocycles. The monoisotopic (exact) mass is 323 g/mol. The Morgan fingerprint density at radius 1 is 1.21 bits per heavy atom. The molecule has 24 heavy (non-hydrogen) atoms. The van der Waals surface area contributed by atoms with Crippen LogP contribution in [0.25, 0.3) is 11.6 Å². The molecular formula is C19H17NO4. The van der Waals surface area contributed by atoms with Gasteiger partial charge in [-0.1, -0.05) is 18.2 Å². The number of fused-ring (bicyclic) bond motifs is 2. The highest BCUT2D eigenvalue weighted by Gasteiger charge is 2.34. The number of anilines is 1. The normalized spacial score (nSPS) is 16.7. The van der Waals surface area contributed by atoms with Crippen LogP contribution in [-0.4, -0.2) is 26.4 Å². The number of methoxy groups -OCH3 is 1. The molecule has 0 saturated carbocycles. The molecule has 4 rings (SSSR count). The molecule has 5 nitrogen and oxygen atoms in total. The van der Waals surface area contributed by atoms with E-state index < -0.39 is 0 Å². The van der Waals surface area contributed by atoms with Crippen LogP contribution in [0.5, 0.6) is 17.2 Å². The van der Waals surface area contributed by atoms with Gasteiger partial charge in [0.05, 0.1) is 18.4 Å². The van der Waals surface area contributed by atoms with E-state index in [1.165, 1.54) is 0 Å². The Hall–Kier alpha value is -2.95. The Labute approximate surface area is 140 Å². The van der Waals surface area contributed by atoms with Gasteiger partial charge in [-0.15, -0.1) is 0 Å². The zero-order chi connectivity index (χ0) is 16.7. The van der Waals surface area contributed by atoms with Crippen LogP contribution in [0.3, 0.4) is 0 Å². The molecule has 1 amide bonds. The summed E-state index contributed by atoms with van der Waals surface area (Å²) >= 11 is 0. The number of likely N-dealkylation sites (N-methyl/N-ethyl adjacent to an activating group) is 1. The molecule has 2 aromatic rings. The lowest BCUT2D eigenvalue weighted by molar-refractivity contribution is -0.112. The van der Waals surface area contributed by atoms with Crippen molar-refractivity contribution in [2.24, 2.45) is 0 Å². The molecule has 2 aliphatic rings. The van der Waals surface area contributed by atoms with Gasteiger partial charge in [0.2, 0.25) is 6.79 Å². The van der Waals surface area contributed by atoms with E-state index in [9.17, 15) is 4.79 Å². The molecule has 0 radical (unpaired) electrons. The van der Waals surface area contributed by atoms with Crippen molar-refractivity contribution in [2.75, 3.05) is 25.3 Å². The van der Waals surface area contributed by atoms with E-state index in [-0.39, 0.29) is 12.7 Å². The van der Waals surface area contributed by atoms with Crippen LogP contribution in [0.4, 0.5) is 5.69 Å². The first-order valence-electron chi connectivity index (χ1n) is 7.83. The number of rotatable bonds is 3. The van der Waals surface area contributed by atoms with Gasteiger partial charge >= 0.3 is 0 Å². The van der Waals surface area contributed by atoms with Crippen LogP contribution < -0.4 is 19.1 Å². The Morgan fingerprint density at radius 3 is 2.71 bits per heavy atom. The Kier molecular flexibility index (Phi) is 3.41. The molecular weight excluding hydrogens is 306 g/mol. The summed E-state index contributed by atoms with van der Waals surface area (Å²) in [5.41, 5.74) is 3.21. The van der Waals surface area contributed by atoms with Crippen molar-refractivity contribution in [1.82, 2.24) is 0 Å². The second-order valence-corrected chi connectivity index (χ2v) is 5.57. The van der Waals surface area contributed by atoms with Gasteiger partial charge in [-0.3, -0.25) is 4.79 Å². The average Bonchev–Trinajstić information content (AvgIpc) is 3.16. The lowest BCUT2D eigenvalue weighted by atomic mass is 10.0. The third-order valence-electron chi connectivity index (χ3n) is 4.30. The van der Waals surface area contributed by atoms with Crippen molar-refractivity contribution >= 4 is 23.2 Å². The van der Waals surface area contributed by atoms with E-state index in [0.29, 0.717) is 23.6 Å². The van der Waals surface area contributed by atoms with Crippen LogP contribution in [0.1, 0.15) is 18.1 Å². The molecule has 0 spiro atoms. The van der Waals surface area contributed by atoms with Crippen LogP contribution >= 0.6 is 0 Å². The van der Waals surface area contributed by atoms with Crippen molar-refractivity contribution in [3.8, 4) is 17.2 Å². The van der Waals surface area contributed by atoms with Gasteiger partial charge in [-0.25, -0.2) is 0 Å². The number of hydrogen-bond acceptors (Lipinski definition) is 4. The molecule has 0 saturated heterocycles. The van der Waals surface area contributed by atoms with Gasteiger partial charge in [0.15, 0.2) is 11.5 Å². The summed E-state index contributed by atoms with van der Waals surface area (Å²) in [4.78, 5) is 14.6. The SMILES string of the molecule is CCN1C(=O)/C(=C\c2ccccc2OC)c2cc3c(cc21)OCO3. The Morgan fingerprint density at radius 2 is 1.96 bits per heavy atom. The summed E-state index contributed by atoms with van der Waals surface area (Å²) < 4.78 is 16.3. The summed E-state index contributed by atoms with van der Waals surface area (Å²) in [6.07, 6.45) is 1.87. The quantitative estimate of drug-likeness (QED) is 0.813. The van der Waals surface area contributed by atoms with Gasteiger partial charge in [0, 0.05) is 23.7 Å². The molecule has 0 N–H and O–H groups in total. The second kappa shape index (κ2) is 5.60. The van der Waals surface area contributed by atoms with Gasteiger partial charge in [0.1, 0.15) is 5.75 Å². The predicted molar refractivity (Wildman–Crippen MR) is 91.5 cm³/mol. The van der Waals surface area contributed by atoms with E-state index in [1.54, 1.807) is 12.0 Å². The summed E-state index contributed by atoms with van der Waals surface area (Å²) in [7, 11) is 1.62. The van der Waals surface area contributed by atoms with E-state index in [2.05, 4.69) is 0 Å². The van der Waals surface area contributed by atoms with Crippen molar-refractivity contribution in [2.45, 2.75) is 6.92 Å². The highest BCUT2D eigenvalue weighted by molar-refractivity contribution is 6.36. The standard InChI is InChI=1S/C19H17NO4/c1-3-20-15-10-18-17(23-11-24-18)9-13(15)14(19(20)21)8-12-6-4-5-7-16(12)22-2/h4-10H,3,11H2,1-2H3/b14-8-. The first kappa shape index (κ1) is 14.6. The molecule has 0 fully saturated rings. The van der Waals surface area contributed by atoms with Crippen LogP contribution in [0.2, 0.25) is 0 Å². The fourth-order valence-corrected chi connectivity index (χ4v) is 3.13. The first-order chi connectivity index (χ1) is 11.7. The zero-order valence-electron chi connectivity index (χ0n) is 13.5. The van der Waals surface area contributed by atoms with Crippen molar-refractivity contribution < 1.29 is 19.0 Å². The maximum atomic E-state index is 12.9. The van der Waals surface area contributed by atoms with Gasteiger partial charge in [-0.2, -0.15) is 0 Å². The first-order valence-corrected chi connectivity index (χ1v) is 7.83. The van der Waals surface area contributed by atoms with Crippen molar-refractivity contribution in [1.29, 1.82) is 0 Å². The fraction of sp³-hybridized carbons (Fsp3) is 0.211. The van der Waals surface area contributed by atoms with E-state index in [0.717, 1.165) is 22.6 Å². The van der Waals surface area contributed by atoms with Crippen molar-refractivity contribution in [3.63, 3.8) is 0 Å². The van der Waals surface area contributed by atoms with Gasteiger partial charge < -0.3 is 19.1 Å². The molecule has 0 bridgehead atoms. The minimum absolute atomic E-state index is 0.0259. The number of amides is 1. The third kappa shape index (κ3) is 2.12. The third-order valence-corrected chi connectivity index (χ3v) is 4.30. The number of para-hydroxylation sites is 1. The topological polar surface area (TPSA) is 48.0 Å². The molecule has 2 heterocycles. The molecule has 5 heteroatoms. The number of ether oxygens (including phenoxy) is 3. The maximum Gasteiger partial charge on any atom is 0.258 e. The van der Waals surface area contributed by atoms with Crippen LogP contribution in [0, 0.1) is 0 Å². The second-order valence-electron chi connectivity index (χ2n) is 5.57. The van der Waals surface area contributed by atoms with Gasteiger partial charge in [0.25, 0.3) is 5.91 Å². The minimum Gasteiger partial charge on any atom is -0.496 e. The fourth-order valence-electron chi connectivity index (χ4n) is 3.13. The summed E-state index contributed by atoms with van der Waals surface area (Å²) in [6.45, 7) is 2.76. The summed E-state index contributed by atoms with van der Waals surface area (Å²) in [5, 5.41) is 0. The largest absolute Gasteiger partial charge is 0.496 e. The minimum atomic E-state index is -0.0259. The number of carbonyl (C=O) groups excluding carboxylic acids is 1. The van der Waals surface area contributed by atoms with Crippen LogP contribution in [-0.2, 0) is 4.79 Å². The molecule has 0 atom stereocenters. The summed E-state index contributed by atoms with van der Waals surface area (Å²) in [6, 6.07) is 11.4. The number of hydrogen-bond donors (Lipinski definition) is 0. The molecule has 0 unspecified atom stereocenters. The molecule has 122 valence electrons. The maximum absolute atomic E-state index is 12.9.